The van der Waals surface area contributed by atoms with E-state index in [0.717, 1.165) is 5.52 Å². The van der Waals surface area contributed by atoms with Gasteiger partial charge in [-0.15, -0.1) is 0 Å². The Morgan fingerprint density at radius 2 is 2.00 bits per heavy atom. The predicted octanol–water partition coefficient (Wildman–Crippen LogP) is 2.28. The van der Waals surface area contributed by atoms with Crippen LogP contribution in [-0.4, -0.2) is 42.3 Å². The number of H-pyrrole nitrogens is 1. The fourth-order valence-electron chi connectivity index (χ4n) is 3.46. The Morgan fingerprint density at radius 1 is 1.18 bits per heavy atom. The number of Topliss-reactive ketones (excluding diaryl/α,β-unsaturated/α-hetero) is 1. The monoisotopic (exact) mass is 377 g/mol. The summed E-state index contributed by atoms with van der Waals surface area (Å²) >= 11 is 0. The van der Waals surface area contributed by atoms with Gasteiger partial charge in [0.25, 0.3) is 11.7 Å². The summed E-state index contributed by atoms with van der Waals surface area (Å²) in [5.41, 5.74) is 1.81. The molecule has 142 valence electrons. The second-order valence-corrected chi connectivity index (χ2v) is 6.66. The highest BCUT2D eigenvalue weighted by Crippen LogP contribution is 2.25. The van der Waals surface area contributed by atoms with Crippen molar-refractivity contribution < 1.29 is 19.1 Å². The van der Waals surface area contributed by atoms with E-state index in [9.17, 15) is 14.4 Å². The molecule has 2 N–H and O–H groups in total. The minimum absolute atomic E-state index is 0.113. The molecule has 0 radical (unpaired) electrons. The molecule has 1 saturated heterocycles. The number of anilines is 1. The van der Waals surface area contributed by atoms with E-state index < -0.39 is 17.7 Å². The maximum atomic E-state index is 12.6. The standard InChI is InChI=1S/C21H19N3O4/c1-28-15-6-4-5-14(10-15)24-12-13(9-19(24)25)23-21(27)20(26)17-11-22-18-8-3-2-7-16(17)18/h2-8,10-11,13,22H,9,12H2,1H3,(H,23,27)/t13-/m1/s1. The minimum Gasteiger partial charge on any atom is -0.497 e. The van der Waals surface area contributed by atoms with Gasteiger partial charge < -0.3 is 19.9 Å². The maximum Gasteiger partial charge on any atom is 0.292 e. The quantitative estimate of drug-likeness (QED) is 0.527. The van der Waals surface area contributed by atoms with Crippen molar-refractivity contribution in [1.29, 1.82) is 0 Å². The van der Waals surface area contributed by atoms with Crippen LogP contribution in [0.4, 0.5) is 5.69 Å². The summed E-state index contributed by atoms with van der Waals surface area (Å²) in [6, 6.07) is 14.0. The molecule has 0 aliphatic carbocycles. The Hall–Kier alpha value is -3.61. The van der Waals surface area contributed by atoms with Crippen molar-refractivity contribution in [3.63, 3.8) is 0 Å². The normalized spacial score (nSPS) is 16.4. The number of rotatable bonds is 5. The summed E-state index contributed by atoms with van der Waals surface area (Å²) in [5, 5.41) is 3.39. The van der Waals surface area contributed by atoms with Crippen molar-refractivity contribution in [3.8, 4) is 5.75 Å². The Kier molecular flexibility index (Phi) is 4.57. The number of nitrogens with zero attached hydrogens (tertiary/aromatic N) is 1. The number of hydrogen-bond acceptors (Lipinski definition) is 4. The Balaban J connectivity index is 1.46. The van der Waals surface area contributed by atoms with Gasteiger partial charge in [-0.3, -0.25) is 14.4 Å². The van der Waals surface area contributed by atoms with E-state index in [2.05, 4.69) is 10.3 Å². The number of ether oxygens (including phenoxy) is 1. The average Bonchev–Trinajstić information content (AvgIpc) is 3.30. The molecule has 1 fully saturated rings. The number of aromatic nitrogens is 1. The first-order chi connectivity index (χ1) is 13.6. The van der Waals surface area contributed by atoms with E-state index in [1.54, 1.807) is 36.3 Å². The highest BCUT2D eigenvalue weighted by atomic mass is 16.5. The van der Waals surface area contributed by atoms with Gasteiger partial charge in [-0.2, -0.15) is 0 Å². The second kappa shape index (κ2) is 7.19. The predicted molar refractivity (Wildman–Crippen MR) is 105 cm³/mol. The van der Waals surface area contributed by atoms with Crippen LogP contribution in [0.1, 0.15) is 16.8 Å². The Labute approximate surface area is 161 Å². The molecule has 2 amide bonds. The number of hydrogen-bond donors (Lipinski definition) is 2. The molecule has 2 heterocycles. The van der Waals surface area contributed by atoms with Gasteiger partial charge in [-0.1, -0.05) is 24.3 Å². The zero-order chi connectivity index (χ0) is 19.7. The zero-order valence-corrected chi connectivity index (χ0v) is 15.3. The number of ketones is 1. The molecule has 0 saturated carbocycles. The van der Waals surface area contributed by atoms with Gasteiger partial charge in [0, 0.05) is 41.8 Å². The third-order valence-corrected chi connectivity index (χ3v) is 4.87. The third-order valence-electron chi connectivity index (χ3n) is 4.87. The van der Waals surface area contributed by atoms with Crippen molar-refractivity contribution >= 4 is 34.2 Å². The molecule has 1 aliphatic heterocycles. The molecular weight excluding hydrogens is 358 g/mol. The van der Waals surface area contributed by atoms with Crippen LogP contribution in [0.25, 0.3) is 10.9 Å². The third kappa shape index (κ3) is 3.22. The minimum atomic E-state index is -0.713. The number of nitrogens with one attached hydrogen (secondary N) is 2. The molecule has 0 unspecified atom stereocenters. The van der Waals surface area contributed by atoms with Crippen LogP contribution in [0.3, 0.4) is 0 Å². The van der Waals surface area contributed by atoms with Gasteiger partial charge in [0.15, 0.2) is 0 Å². The lowest BCUT2D eigenvalue weighted by Gasteiger charge is -2.17. The van der Waals surface area contributed by atoms with Crippen molar-refractivity contribution in [2.24, 2.45) is 0 Å². The number of fused-ring (bicyclic) bond motifs is 1. The number of amides is 2. The van der Waals surface area contributed by atoms with E-state index in [0.29, 0.717) is 28.9 Å². The van der Waals surface area contributed by atoms with Crippen LogP contribution in [0.15, 0.2) is 54.7 Å². The summed E-state index contributed by atoms with van der Waals surface area (Å²) in [4.78, 5) is 42.0. The van der Waals surface area contributed by atoms with Gasteiger partial charge in [-0.25, -0.2) is 0 Å². The topological polar surface area (TPSA) is 91.5 Å². The summed E-state index contributed by atoms with van der Waals surface area (Å²) in [6.45, 7) is 0.304. The van der Waals surface area contributed by atoms with Crippen molar-refractivity contribution in [2.45, 2.75) is 12.5 Å². The second-order valence-electron chi connectivity index (χ2n) is 6.66. The van der Waals surface area contributed by atoms with E-state index in [1.165, 1.54) is 6.20 Å². The maximum absolute atomic E-state index is 12.6. The lowest BCUT2D eigenvalue weighted by atomic mass is 10.1. The van der Waals surface area contributed by atoms with Crippen LogP contribution in [0.5, 0.6) is 5.75 Å². The summed E-state index contributed by atoms with van der Waals surface area (Å²) in [5.74, 6) is -0.801. The highest BCUT2D eigenvalue weighted by molar-refractivity contribution is 6.45. The van der Waals surface area contributed by atoms with Gasteiger partial charge in [-0.05, 0) is 18.2 Å². The molecule has 1 atom stereocenters. The summed E-state index contributed by atoms with van der Waals surface area (Å²) in [7, 11) is 1.56. The van der Waals surface area contributed by atoms with Crippen LogP contribution in [-0.2, 0) is 9.59 Å². The molecule has 0 spiro atoms. The zero-order valence-electron chi connectivity index (χ0n) is 15.3. The van der Waals surface area contributed by atoms with Gasteiger partial charge in [0.1, 0.15) is 5.75 Å². The lowest BCUT2D eigenvalue weighted by molar-refractivity contribution is -0.118. The van der Waals surface area contributed by atoms with Crippen LogP contribution in [0, 0.1) is 0 Å². The fraction of sp³-hybridized carbons (Fsp3) is 0.190. The number of carbonyl (C=O) groups excluding carboxylic acids is 3. The first-order valence-electron chi connectivity index (χ1n) is 8.92. The van der Waals surface area contributed by atoms with E-state index >= 15 is 0 Å². The molecule has 2 aromatic carbocycles. The smallest absolute Gasteiger partial charge is 0.292 e. The largest absolute Gasteiger partial charge is 0.497 e. The van der Waals surface area contributed by atoms with Crippen LogP contribution >= 0.6 is 0 Å². The first kappa shape index (κ1) is 17.8. The Bertz CT molecular complexity index is 1070. The molecular formula is C21H19N3O4. The molecule has 0 bridgehead atoms. The molecule has 7 heteroatoms. The SMILES string of the molecule is COc1cccc(N2C[C@H](NC(=O)C(=O)c3c[nH]c4ccccc34)CC2=O)c1. The van der Waals surface area contributed by atoms with E-state index in [-0.39, 0.29) is 12.3 Å². The molecule has 1 aliphatic rings. The fourth-order valence-corrected chi connectivity index (χ4v) is 3.46. The van der Waals surface area contributed by atoms with Crippen LogP contribution < -0.4 is 15.0 Å². The number of para-hydroxylation sites is 1. The average molecular weight is 377 g/mol. The summed E-state index contributed by atoms with van der Waals surface area (Å²) < 4.78 is 5.19. The number of benzene rings is 2. The first-order valence-corrected chi connectivity index (χ1v) is 8.92. The van der Waals surface area contributed by atoms with Crippen molar-refractivity contribution in [3.05, 3.63) is 60.3 Å². The van der Waals surface area contributed by atoms with Crippen molar-refractivity contribution in [1.82, 2.24) is 10.3 Å². The van der Waals surface area contributed by atoms with Crippen LogP contribution in [0.2, 0.25) is 0 Å². The molecule has 28 heavy (non-hydrogen) atoms. The van der Waals surface area contributed by atoms with Crippen molar-refractivity contribution in [2.75, 3.05) is 18.6 Å². The highest BCUT2D eigenvalue weighted by Gasteiger charge is 2.33. The number of carbonyl (C=O) groups is 3. The Morgan fingerprint density at radius 3 is 2.82 bits per heavy atom. The number of methoxy groups -OCH3 is 1. The molecule has 7 nitrogen and oxygen atoms in total. The molecule has 4 rings (SSSR count). The molecule has 1 aromatic heterocycles. The number of aromatic amines is 1. The van der Waals surface area contributed by atoms with Gasteiger partial charge in [0.05, 0.1) is 18.7 Å². The van der Waals surface area contributed by atoms with E-state index in [4.69, 9.17) is 4.74 Å². The lowest BCUT2D eigenvalue weighted by Crippen LogP contribution is -2.40. The van der Waals surface area contributed by atoms with E-state index in [1.807, 2.05) is 24.3 Å². The summed E-state index contributed by atoms with van der Waals surface area (Å²) in [6.07, 6.45) is 1.68. The molecule has 3 aromatic rings. The van der Waals surface area contributed by atoms with Gasteiger partial charge >= 0.3 is 0 Å². The van der Waals surface area contributed by atoms with Gasteiger partial charge in [0.2, 0.25) is 5.91 Å².